The predicted octanol–water partition coefficient (Wildman–Crippen LogP) is 5.10. The summed E-state index contributed by atoms with van der Waals surface area (Å²) in [6.45, 7) is 6.46. The number of carbonyl (C=O) groups excluding carboxylic acids is 2. The van der Waals surface area contributed by atoms with Crippen LogP contribution in [0.4, 0.5) is 5.69 Å². The monoisotopic (exact) mass is 442 g/mol. The van der Waals surface area contributed by atoms with E-state index >= 15 is 0 Å². The summed E-state index contributed by atoms with van der Waals surface area (Å²) in [6.07, 6.45) is 0.440. The molecule has 3 aromatic carbocycles. The van der Waals surface area contributed by atoms with Gasteiger partial charge in [-0.25, -0.2) is 0 Å². The van der Waals surface area contributed by atoms with Gasteiger partial charge in [-0.15, -0.1) is 0 Å². The highest BCUT2D eigenvalue weighted by atomic mass is 16.5. The first-order valence-electron chi connectivity index (χ1n) is 11.3. The quantitative estimate of drug-likeness (QED) is 0.578. The lowest BCUT2D eigenvalue weighted by molar-refractivity contribution is -0.126. The van der Waals surface area contributed by atoms with E-state index in [9.17, 15) is 9.59 Å². The zero-order valence-corrected chi connectivity index (χ0v) is 19.6. The second-order valence-electron chi connectivity index (χ2n) is 9.03. The SMILES string of the molecule is COc1ccc(CNC(=O)[C@]2(C)Cc3ccccc3C(=O)N2c2cccc(C(C)C)c2)cc1. The molecule has 0 aromatic heterocycles. The van der Waals surface area contributed by atoms with Crippen molar-refractivity contribution < 1.29 is 14.3 Å². The molecule has 0 saturated carbocycles. The third-order valence-corrected chi connectivity index (χ3v) is 6.38. The van der Waals surface area contributed by atoms with E-state index in [1.54, 1.807) is 12.0 Å². The molecule has 5 heteroatoms. The van der Waals surface area contributed by atoms with Crippen molar-refractivity contribution in [2.75, 3.05) is 12.0 Å². The maximum atomic E-state index is 13.7. The zero-order valence-electron chi connectivity index (χ0n) is 19.6. The molecule has 1 N–H and O–H groups in total. The molecule has 2 amide bonds. The fraction of sp³-hybridized carbons (Fsp3) is 0.286. The van der Waals surface area contributed by atoms with Crippen LogP contribution in [0.15, 0.2) is 72.8 Å². The first kappa shape index (κ1) is 22.6. The number of anilines is 1. The summed E-state index contributed by atoms with van der Waals surface area (Å²) < 4.78 is 5.21. The summed E-state index contributed by atoms with van der Waals surface area (Å²) in [6, 6.07) is 23.1. The van der Waals surface area contributed by atoms with E-state index in [2.05, 4.69) is 25.2 Å². The van der Waals surface area contributed by atoms with Gasteiger partial charge >= 0.3 is 0 Å². The first-order chi connectivity index (χ1) is 15.8. The van der Waals surface area contributed by atoms with Gasteiger partial charge in [-0.1, -0.05) is 56.3 Å². The number of nitrogens with zero attached hydrogens (tertiary/aromatic N) is 1. The number of amides is 2. The Labute approximate surface area is 195 Å². The molecule has 1 atom stereocenters. The highest BCUT2D eigenvalue weighted by molar-refractivity contribution is 6.14. The fourth-order valence-corrected chi connectivity index (χ4v) is 4.40. The molecule has 0 spiro atoms. The van der Waals surface area contributed by atoms with E-state index in [1.165, 1.54) is 0 Å². The van der Waals surface area contributed by atoms with Crippen molar-refractivity contribution in [1.29, 1.82) is 0 Å². The summed E-state index contributed by atoms with van der Waals surface area (Å²) in [7, 11) is 1.62. The van der Waals surface area contributed by atoms with Crippen LogP contribution in [0.25, 0.3) is 0 Å². The Kier molecular flexibility index (Phi) is 6.23. The smallest absolute Gasteiger partial charge is 0.259 e. The van der Waals surface area contributed by atoms with Crippen molar-refractivity contribution >= 4 is 17.5 Å². The van der Waals surface area contributed by atoms with Crippen molar-refractivity contribution in [1.82, 2.24) is 5.32 Å². The number of carbonyl (C=O) groups is 2. The predicted molar refractivity (Wildman–Crippen MR) is 131 cm³/mol. The average molecular weight is 443 g/mol. The molecule has 0 fully saturated rings. The standard InChI is InChI=1S/C28H30N2O3/c1-19(2)21-9-7-10-23(16-21)30-26(31)25-11-6-5-8-22(25)17-28(30,3)27(32)29-18-20-12-14-24(33-4)15-13-20/h5-16,19H,17-18H2,1-4H3,(H,29,32)/t28-/m0/s1. The van der Waals surface area contributed by atoms with Gasteiger partial charge in [0, 0.05) is 24.2 Å². The van der Waals surface area contributed by atoms with E-state index in [1.807, 2.05) is 73.7 Å². The molecule has 33 heavy (non-hydrogen) atoms. The van der Waals surface area contributed by atoms with Gasteiger partial charge in [-0.05, 0) is 59.9 Å². The largest absolute Gasteiger partial charge is 0.497 e. The van der Waals surface area contributed by atoms with Crippen molar-refractivity contribution in [2.24, 2.45) is 0 Å². The van der Waals surface area contributed by atoms with Crippen molar-refractivity contribution in [3.63, 3.8) is 0 Å². The van der Waals surface area contributed by atoms with Crippen LogP contribution in [0.3, 0.4) is 0 Å². The molecule has 1 aliphatic rings. The highest BCUT2D eigenvalue weighted by Crippen LogP contribution is 2.36. The van der Waals surface area contributed by atoms with Gasteiger partial charge in [-0.2, -0.15) is 0 Å². The Bertz CT molecular complexity index is 1170. The average Bonchev–Trinajstić information content (AvgIpc) is 2.83. The number of methoxy groups -OCH3 is 1. The summed E-state index contributed by atoms with van der Waals surface area (Å²) >= 11 is 0. The second-order valence-corrected chi connectivity index (χ2v) is 9.03. The second kappa shape index (κ2) is 9.10. The normalized spacial score (nSPS) is 17.6. The molecule has 0 radical (unpaired) electrons. The number of benzene rings is 3. The van der Waals surface area contributed by atoms with Crippen molar-refractivity contribution in [3.05, 3.63) is 95.1 Å². The van der Waals surface area contributed by atoms with Crippen LogP contribution in [0.2, 0.25) is 0 Å². The number of rotatable bonds is 6. The molecule has 0 unspecified atom stereocenters. The van der Waals surface area contributed by atoms with Gasteiger partial charge in [0.05, 0.1) is 7.11 Å². The zero-order chi connectivity index (χ0) is 23.6. The van der Waals surface area contributed by atoms with Gasteiger partial charge in [0.25, 0.3) is 5.91 Å². The molecule has 1 heterocycles. The van der Waals surface area contributed by atoms with E-state index in [-0.39, 0.29) is 11.8 Å². The maximum Gasteiger partial charge on any atom is 0.259 e. The van der Waals surface area contributed by atoms with Gasteiger partial charge < -0.3 is 10.1 Å². The minimum absolute atomic E-state index is 0.153. The molecular formula is C28H30N2O3. The summed E-state index contributed by atoms with van der Waals surface area (Å²) in [5.41, 5.74) is 3.30. The minimum Gasteiger partial charge on any atom is -0.497 e. The Balaban J connectivity index is 1.69. The van der Waals surface area contributed by atoms with E-state index < -0.39 is 5.54 Å². The third-order valence-electron chi connectivity index (χ3n) is 6.38. The first-order valence-corrected chi connectivity index (χ1v) is 11.3. The lowest BCUT2D eigenvalue weighted by Crippen LogP contribution is -2.63. The molecule has 1 aliphatic heterocycles. The van der Waals surface area contributed by atoms with Crippen LogP contribution in [-0.4, -0.2) is 24.5 Å². The van der Waals surface area contributed by atoms with Crippen molar-refractivity contribution in [3.8, 4) is 5.75 Å². The lowest BCUT2D eigenvalue weighted by Gasteiger charge is -2.44. The van der Waals surface area contributed by atoms with Crippen LogP contribution in [0.1, 0.15) is 53.7 Å². The van der Waals surface area contributed by atoms with Crippen LogP contribution < -0.4 is 15.0 Å². The fourth-order valence-electron chi connectivity index (χ4n) is 4.40. The van der Waals surface area contributed by atoms with E-state index in [4.69, 9.17) is 4.74 Å². The van der Waals surface area contributed by atoms with E-state index in [0.29, 0.717) is 24.4 Å². The Hall–Kier alpha value is -3.60. The number of fused-ring (bicyclic) bond motifs is 1. The van der Waals surface area contributed by atoms with Crippen LogP contribution in [-0.2, 0) is 17.8 Å². The van der Waals surface area contributed by atoms with Gasteiger partial charge in [0.1, 0.15) is 11.3 Å². The molecule has 4 rings (SSSR count). The van der Waals surface area contributed by atoms with Crippen molar-refractivity contribution in [2.45, 2.75) is 45.2 Å². The Morgan fingerprint density at radius 2 is 1.79 bits per heavy atom. The van der Waals surface area contributed by atoms with Gasteiger partial charge in [0.15, 0.2) is 0 Å². The van der Waals surface area contributed by atoms with Gasteiger partial charge in [-0.3, -0.25) is 14.5 Å². The number of ether oxygens (including phenoxy) is 1. The number of hydrogen-bond donors (Lipinski definition) is 1. The maximum absolute atomic E-state index is 13.7. The molecule has 0 aliphatic carbocycles. The Morgan fingerprint density at radius 1 is 1.06 bits per heavy atom. The molecule has 0 bridgehead atoms. The minimum atomic E-state index is -1.06. The summed E-state index contributed by atoms with van der Waals surface area (Å²) in [5.74, 6) is 0.742. The van der Waals surface area contributed by atoms with Crippen LogP contribution in [0, 0.1) is 0 Å². The molecule has 170 valence electrons. The van der Waals surface area contributed by atoms with Crippen LogP contribution in [0.5, 0.6) is 5.75 Å². The number of hydrogen-bond acceptors (Lipinski definition) is 3. The van der Waals surface area contributed by atoms with Crippen LogP contribution >= 0.6 is 0 Å². The summed E-state index contributed by atoms with van der Waals surface area (Å²) in [4.78, 5) is 29.0. The van der Waals surface area contributed by atoms with E-state index in [0.717, 1.165) is 28.1 Å². The molecular weight excluding hydrogens is 412 g/mol. The lowest BCUT2D eigenvalue weighted by atomic mass is 9.82. The molecule has 3 aromatic rings. The number of nitrogens with one attached hydrogen (secondary N) is 1. The molecule has 0 saturated heterocycles. The van der Waals surface area contributed by atoms with Gasteiger partial charge in [0.2, 0.25) is 5.91 Å². The third kappa shape index (κ3) is 4.36. The Morgan fingerprint density at radius 3 is 2.48 bits per heavy atom. The summed E-state index contributed by atoms with van der Waals surface area (Å²) in [5, 5.41) is 3.06. The molecule has 5 nitrogen and oxygen atoms in total. The highest BCUT2D eigenvalue weighted by Gasteiger charge is 2.47. The topological polar surface area (TPSA) is 58.6 Å².